The van der Waals surface area contributed by atoms with Crippen LogP contribution < -0.4 is 10.5 Å². The van der Waals surface area contributed by atoms with Gasteiger partial charge in [-0.2, -0.15) is 5.10 Å². The molecule has 0 aliphatic rings. The van der Waals surface area contributed by atoms with Crippen molar-refractivity contribution < 1.29 is 23.3 Å². The molecule has 0 saturated heterocycles. The molecule has 0 fully saturated rings. The Morgan fingerprint density at radius 1 is 1.41 bits per heavy atom. The van der Waals surface area contributed by atoms with Crippen LogP contribution in [0.25, 0.3) is 0 Å². The Balaban J connectivity index is 2.32. The smallest absolute Gasteiger partial charge is 0.244 e. The fraction of sp³-hybridized carbons (Fsp3) is 0.353. The van der Waals surface area contributed by atoms with Crippen molar-refractivity contribution in [1.29, 1.82) is 0 Å². The fourth-order valence-corrected chi connectivity index (χ4v) is 3.82. The average molecular weight is 418 g/mol. The van der Waals surface area contributed by atoms with Gasteiger partial charge in [-0.1, -0.05) is 11.6 Å². The summed E-state index contributed by atoms with van der Waals surface area (Å²) in [6, 6.07) is 4.33. The van der Waals surface area contributed by atoms with Crippen LogP contribution in [0, 0.1) is 13.8 Å². The van der Waals surface area contributed by atoms with Crippen molar-refractivity contribution in [3.8, 4) is 11.5 Å². The van der Waals surface area contributed by atoms with E-state index in [0.717, 1.165) is 4.31 Å². The summed E-state index contributed by atoms with van der Waals surface area (Å²) in [6.07, 6.45) is 1.39. The molecule has 3 N–H and O–H groups in total. The monoisotopic (exact) mass is 417 g/mol. The minimum Gasteiger partial charge on any atom is -0.453 e. The largest absolute Gasteiger partial charge is 0.453 e. The Morgan fingerprint density at radius 3 is 2.63 bits per heavy atom. The second-order valence-electron chi connectivity index (χ2n) is 6.08. The van der Waals surface area contributed by atoms with Crippen molar-refractivity contribution in [3.63, 3.8) is 0 Å². The molecule has 148 valence electrons. The highest BCUT2D eigenvalue weighted by Gasteiger charge is 2.22. The maximum absolute atomic E-state index is 13.8. The van der Waals surface area contributed by atoms with Crippen LogP contribution in [-0.2, 0) is 16.6 Å². The number of ether oxygens (including phenoxy) is 1. The van der Waals surface area contributed by atoms with Gasteiger partial charge in [0.1, 0.15) is 22.2 Å². The number of allylic oxidation sites excluding steroid dienone is 1. The third-order valence-corrected chi connectivity index (χ3v) is 6.16. The van der Waals surface area contributed by atoms with Crippen molar-refractivity contribution >= 4 is 21.6 Å². The highest BCUT2D eigenvalue weighted by Crippen LogP contribution is 2.33. The van der Waals surface area contributed by atoms with E-state index in [1.54, 1.807) is 13.8 Å². The fourth-order valence-electron chi connectivity index (χ4n) is 2.42. The number of rotatable bonds is 7. The molecule has 0 aliphatic heterocycles. The molecule has 2 aromatic rings. The van der Waals surface area contributed by atoms with E-state index in [-0.39, 0.29) is 22.3 Å². The quantitative estimate of drug-likeness (QED) is 0.748. The first-order chi connectivity index (χ1) is 12.6. The van der Waals surface area contributed by atoms with Crippen LogP contribution >= 0.6 is 11.6 Å². The second kappa shape index (κ2) is 8.39. The Bertz CT molecular complexity index is 971. The molecular weight excluding hydrogens is 395 g/mol. The lowest BCUT2D eigenvalue weighted by molar-refractivity contribution is -0.353. The van der Waals surface area contributed by atoms with Gasteiger partial charge < -0.3 is 10.5 Å². The zero-order valence-electron chi connectivity index (χ0n) is 15.7. The molecular formula is C17H23ClFN4O3S+. The van der Waals surface area contributed by atoms with Gasteiger partial charge in [0.05, 0.1) is 23.8 Å². The molecule has 27 heavy (non-hydrogen) atoms. The molecule has 2 rings (SSSR count). The molecule has 0 saturated carbocycles. The van der Waals surface area contributed by atoms with Gasteiger partial charge in [0.15, 0.2) is 5.75 Å². The van der Waals surface area contributed by atoms with Crippen LogP contribution in [0.3, 0.4) is 0 Å². The summed E-state index contributed by atoms with van der Waals surface area (Å²) in [6.45, 7) is 3.86. The molecule has 0 spiro atoms. The SMILES string of the molecule is Cc1nn(C/C(F)=C/C[NH3+])c(C)c1Oc1ccc(S(=O)(=O)N(C)C)c(Cl)c1. The van der Waals surface area contributed by atoms with Crippen LogP contribution in [0.5, 0.6) is 11.5 Å². The topological polar surface area (TPSA) is 92.1 Å². The molecule has 0 bridgehead atoms. The Labute approximate surface area is 163 Å². The predicted molar refractivity (Wildman–Crippen MR) is 101 cm³/mol. The van der Waals surface area contributed by atoms with Gasteiger partial charge in [-0.3, -0.25) is 4.68 Å². The standard InChI is InChI=1S/C17H22ClFN4O3S/c1-11-17(12(2)23(21-11)10-13(19)7-8-20)26-14-5-6-16(15(18)9-14)27(24,25)22(3)4/h5-7,9H,8,10,20H2,1-4H3/p+1/b13-7-. The third-order valence-electron chi connectivity index (χ3n) is 3.86. The Hall–Kier alpha value is -1.94. The van der Waals surface area contributed by atoms with Crippen molar-refractivity contribution in [2.45, 2.75) is 25.3 Å². The minimum absolute atomic E-state index is 0.00761. The van der Waals surface area contributed by atoms with Crippen molar-refractivity contribution in [2.75, 3.05) is 20.6 Å². The summed E-state index contributed by atoms with van der Waals surface area (Å²) < 4.78 is 46.6. The van der Waals surface area contributed by atoms with E-state index < -0.39 is 10.0 Å². The molecule has 10 heteroatoms. The average Bonchev–Trinajstić information content (AvgIpc) is 2.82. The van der Waals surface area contributed by atoms with Crippen LogP contribution in [0.2, 0.25) is 5.02 Å². The van der Waals surface area contributed by atoms with Crippen LogP contribution in [0.4, 0.5) is 4.39 Å². The van der Waals surface area contributed by atoms with E-state index in [1.807, 2.05) is 0 Å². The number of benzene rings is 1. The predicted octanol–water partition coefficient (Wildman–Crippen LogP) is 2.29. The molecule has 0 atom stereocenters. The molecule has 0 amide bonds. The van der Waals surface area contributed by atoms with Gasteiger partial charge in [-0.05, 0) is 26.0 Å². The lowest BCUT2D eigenvalue weighted by Gasteiger charge is -2.14. The van der Waals surface area contributed by atoms with Gasteiger partial charge >= 0.3 is 0 Å². The first-order valence-electron chi connectivity index (χ1n) is 8.15. The van der Waals surface area contributed by atoms with Crippen molar-refractivity contribution in [2.24, 2.45) is 0 Å². The number of aromatic nitrogens is 2. The van der Waals surface area contributed by atoms with E-state index in [1.165, 1.54) is 43.1 Å². The highest BCUT2D eigenvalue weighted by atomic mass is 35.5. The highest BCUT2D eigenvalue weighted by molar-refractivity contribution is 7.89. The van der Waals surface area contributed by atoms with E-state index in [2.05, 4.69) is 10.8 Å². The zero-order valence-corrected chi connectivity index (χ0v) is 17.2. The summed E-state index contributed by atoms with van der Waals surface area (Å²) >= 11 is 6.14. The number of aryl methyl sites for hydroxylation is 1. The van der Waals surface area contributed by atoms with E-state index in [9.17, 15) is 12.8 Å². The number of sulfonamides is 1. The number of halogens is 2. The number of nitrogens with zero attached hydrogens (tertiary/aromatic N) is 3. The van der Waals surface area contributed by atoms with E-state index in [4.69, 9.17) is 16.3 Å². The zero-order chi connectivity index (χ0) is 20.4. The molecule has 0 radical (unpaired) electrons. The lowest BCUT2D eigenvalue weighted by Crippen LogP contribution is -2.49. The molecule has 0 aliphatic carbocycles. The second-order valence-corrected chi connectivity index (χ2v) is 8.61. The summed E-state index contributed by atoms with van der Waals surface area (Å²) in [4.78, 5) is -0.00830. The molecule has 1 heterocycles. The number of quaternary nitrogens is 1. The van der Waals surface area contributed by atoms with Gasteiger partial charge in [-0.15, -0.1) is 0 Å². The molecule has 0 unspecified atom stereocenters. The van der Waals surface area contributed by atoms with Gasteiger partial charge in [0, 0.05) is 26.2 Å². The molecule has 7 nitrogen and oxygen atoms in total. The summed E-state index contributed by atoms with van der Waals surface area (Å²) in [7, 11) is -0.792. The van der Waals surface area contributed by atoms with E-state index >= 15 is 0 Å². The van der Waals surface area contributed by atoms with Gasteiger partial charge in [0.25, 0.3) is 0 Å². The van der Waals surface area contributed by atoms with Crippen LogP contribution in [0.1, 0.15) is 11.4 Å². The van der Waals surface area contributed by atoms with E-state index in [0.29, 0.717) is 29.4 Å². The van der Waals surface area contributed by atoms with Crippen molar-refractivity contribution in [1.82, 2.24) is 14.1 Å². The minimum atomic E-state index is -3.65. The van der Waals surface area contributed by atoms with Crippen LogP contribution in [-0.4, -0.2) is 43.1 Å². The van der Waals surface area contributed by atoms with Gasteiger partial charge in [-0.25, -0.2) is 17.1 Å². The maximum Gasteiger partial charge on any atom is 0.244 e. The summed E-state index contributed by atoms with van der Waals surface area (Å²) in [5, 5.41) is 4.34. The van der Waals surface area contributed by atoms with Crippen LogP contribution in [0.15, 0.2) is 35.0 Å². The summed E-state index contributed by atoms with van der Waals surface area (Å²) in [5.74, 6) is 0.498. The normalized spacial score (nSPS) is 12.7. The first kappa shape index (κ1) is 21.4. The first-order valence-corrected chi connectivity index (χ1v) is 9.97. The summed E-state index contributed by atoms with van der Waals surface area (Å²) in [5.41, 5.74) is 4.80. The van der Waals surface area contributed by atoms with Crippen molar-refractivity contribution in [3.05, 3.63) is 46.5 Å². The molecule has 1 aromatic heterocycles. The Kier molecular flexibility index (Phi) is 6.63. The van der Waals surface area contributed by atoms with Gasteiger partial charge in [0.2, 0.25) is 10.0 Å². The lowest BCUT2D eigenvalue weighted by atomic mass is 10.3. The maximum atomic E-state index is 13.8. The molecule has 1 aromatic carbocycles. The number of hydrogen-bond acceptors (Lipinski definition) is 4. The number of hydrogen-bond donors (Lipinski definition) is 1. The Morgan fingerprint density at radius 2 is 2.07 bits per heavy atom. The third kappa shape index (κ3) is 4.67.